The van der Waals surface area contributed by atoms with Crippen molar-refractivity contribution in [1.29, 1.82) is 0 Å². The fourth-order valence-corrected chi connectivity index (χ4v) is 2.83. The number of para-hydroxylation sites is 1. The summed E-state index contributed by atoms with van der Waals surface area (Å²) >= 11 is 0. The predicted octanol–water partition coefficient (Wildman–Crippen LogP) is 1.58. The molecule has 0 aliphatic carbocycles. The van der Waals surface area contributed by atoms with Crippen LogP contribution in [0.5, 0.6) is 5.75 Å². The molecule has 1 saturated heterocycles. The zero-order valence-electron chi connectivity index (χ0n) is 12.5. The van der Waals surface area contributed by atoms with Gasteiger partial charge in [-0.1, -0.05) is 23.4 Å². The minimum Gasteiger partial charge on any atom is -0.488 e. The highest BCUT2D eigenvalue weighted by atomic mass is 16.5. The van der Waals surface area contributed by atoms with E-state index in [1.165, 1.54) is 0 Å². The van der Waals surface area contributed by atoms with Crippen LogP contribution in [0.4, 0.5) is 0 Å². The summed E-state index contributed by atoms with van der Waals surface area (Å²) in [6.45, 7) is 3.27. The molecular formula is C16H18N4O2. The summed E-state index contributed by atoms with van der Waals surface area (Å²) in [6, 6.07) is 8.09. The molecule has 1 aromatic heterocycles. The van der Waals surface area contributed by atoms with Gasteiger partial charge in [0.2, 0.25) is 0 Å². The minimum atomic E-state index is 0.156. The molecule has 0 saturated carbocycles. The predicted molar refractivity (Wildman–Crippen MR) is 82.3 cm³/mol. The van der Waals surface area contributed by atoms with E-state index in [0.717, 1.165) is 42.3 Å². The van der Waals surface area contributed by atoms with E-state index < -0.39 is 0 Å². The molecule has 0 radical (unpaired) electrons. The second-order valence-corrected chi connectivity index (χ2v) is 5.65. The topological polar surface area (TPSA) is 63.4 Å². The van der Waals surface area contributed by atoms with E-state index in [4.69, 9.17) is 9.26 Å². The zero-order valence-corrected chi connectivity index (χ0v) is 12.5. The van der Waals surface area contributed by atoms with Crippen LogP contribution in [-0.2, 0) is 0 Å². The monoisotopic (exact) mass is 298 g/mol. The number of fused-ring (bicyclic) bond motifs is 1. The van der Waals surface area contributed by atoms with Crippen molar-refractivity contribution in [3.63, 3.8) is 0 Å². The first-order valence-electron chi connectivity index (χ1n) is 7.48. The Balaban J connectivity index is 1.61. The van der Waals surface area contributed by atoms with E-state index in [9.17, 15) is 0 Å². The van der Waals surface area contributed by atoms with Crippen LogP contribution in [0.3, 0.4) is 0 Å². The zero-order chi connectivity index (χ0) is 14.9. The van der Waals surface area contributed by atoms with Gasteiger partial charge in [0.1, 0.15) is 12.4 Å². The smallest absolute Gasteiger partial charge is 0.257 e. The van der Waals surface area contributed by atoms with Crippen molar-refractivity contribution in [3.8, 4) is 5.75 Å². The first-order valence-corrected chi connectivity index (χ1v) is 7.48. The number of hydrogen-bond acceptors (Lipinski definition) is 6. The van der Waals surface area contributed by atoms with Crippen molar-refractivity contribution in [1.82, 2.24) is 20.4 Å². The van der Waals surface area contributed by atoms with Crippen LogP contribution in [0.15, 0.2) is 28.8 Å². The Bertz CT molecular complexity index is 710. The average molecular weight is 298 g/mol. The molecule has 0 amide bonds. The summed E-state index contributed by atoms with van der Waals surface area (Å²) in [5.41, 5.74) is 1.96. The summed E-state index contributed by atoms with van der Waals surface area (Å²) in [6.07, 6.45) is 2.05. The Morgan fingerprint density at radius 1 is 1.32 bits per heavy atom. The second kappa shape index (κ2) is 5.55. The maximum Gasteiger partial charge on any atom is 0.257 e. The van der Waals surface area contributed by atoms with Gasteiger partial charge in [0.15, 0.2) is 5.82 Å². The molecule has 1 unspecified atom stereocenters. The molecule has 2 aliphatic heterocycles. The lowest BCUT2D eigenvalue weighted by Gasteiger charge is -2.30. The van der Waals surface area contributed by atoms with Gasteiger partial charge in [0.05, 0.1) is 11.6 Å². The van der Waals surface area contributed by atoms with E-state index in [1.54, 1.807) is 0 Å². The number of nitrogens with zero attached hydrogens (tertiary/aromatic N) is 3. The number of aromatic nitrogens is 2. The van der Waals surface area contributed by atoms with Gasteiger partial charge in [-0.15, -0.1) is 0 Å². The van der Waals surface area contributed by atoms with Gasteiger partial charge >= 0.3 is 0 Å². The number of piperazine rings is 1. The molecule has 1 atom stereocenters. The summed E-state index contributed by atoms with van der Waals surface area (Å²) in [7, 11) is 2.08. The Hall–Kier alpha value is -2.18. The highest BCUT2D eigenvalue weighted by Crippen LogP contribution is 2.30. The normalized spacial score (nSPS) is 21.9. The Morgan fingerprint density at radius 3 is 3.14 bits per heavy atom. The van der Waals surface area contributed by atoms with Gasteiger partial charge in [-0.05, 0) is 19.2 Å². The third-order valence-electron chi connectivity index (χ3n) is 4.16. The lowest BCUT2D eigenvalue weighted by Crippen LogP contribution is -2.44. The molecule has 1 fully saturated rings. The fourth-order valence-electron chi connectivity index (χ4n) is 2.83. The van der Waals surface area contributed by atoms with Gasteiger partial charge in [-0.25, -0.2) is 0 Å². The maximum atomic E-state index is 5.75. The number of ether oxygens (including phenoxy) is 1. The number of rotatable bonds is 2. The van der Waals surface area contributed by atoms with Gasteiger partial charge in [0.25, 0.3) is 5.89 Å². The molecule has 114 valence electrons. The van der Waals surface area contributed by atoms with Crippen LogP contribution in [0.25, 0.3) is 11.6 Å². The van der Waals surface area contributed by atoms with E-state index in [1.807, 2.05) is 24.3 Å². The average Bonchev–Trinajstić information content (AvgIpc) is 3.04. The molecular weight excluding hydrogens is 280 g/mol. The number of benzene rings is 1. The quantitative estimate of drug-likeness (QED) is 0.908. The van der Waals surface area contributed by atoms with Crippen LogP contribution >= 0.6 is 0 Å². The summed E-state index contributed by atoms with van der Waals surface area (Å²) in [5.74, 6) is 2.16. The Morgan fingerprint density at radius 2 is 2.23 bits per heavy atom. The third kappa shape index (κ3) is 2.40. The van der Waals surface area contributed by atoms with Crippen molar-refractivity contribution in [2.75, 3.05) is 33.3 Å². The molecule has 3 heterocycles. The lowest BCUT2D eigenvalue weighted by molar-refractivity contribution is 0.190. The molecule has 6 nitrogen and oxygen atoms in total. The van der Waals surface area contributed by atoms with Crippen LogP contribution in [0, 0.1) is 0 Å². The van der Waals surface area contributed by atoms with E-state index in [0.29, 0.717) is 12.5 Å². The number of likely N-dealkylation sites (N-methyl/N-ethyl adjacent to an activating group) is 1. The molecule has 0 spiro atoms. The van der Waals surface area contributed by atoms with Gasteiger partial charge in [-0.2, -0.15) is 4.98 Å². The van der Waals surface area contributed by atoms with Crippen molar-refractivity contribution < 1.29 is 9.26 Å². The number of hydrogen-bond donors (Lipinski definition) is 1. The molecule has 22 heavy (non-hydrogen) atoms. The molecule has 1 aromatic carbocycles. The van der Waals surface area contributed by atoms with Crippen LogP contribution < -0.4 is 10.1 Å². The van der Waals surface area contributed by atoms with E-state index >= 15 is 0 Å². The fraction of sp³-hybridized carbons (Fsp3) is 0.375. The standard InChI is InChI=1S/C16H18N4O2/c1-20-7-6-17-9-13(20)15-18-16(22-19-15)12-8-11-4-2-3-5-14(11)21-10-12/h2-5,8,13,17H,6-7,9-10H2,1H3. The molecule has 0 bridgehead atoms. The first kappa shape index (κ1) is 13.5. The molecule has 4 rings (SSSR count). The molecule has 2 aromatic rings. The van der Waals surface area contributed by atoms with Crippen molar-refractivity contribution >= 4 is 11.6 Å². The molecule has 2 aliphatic rings. The lowest BCUT2D eigenvalue weighted by atomic mass is 10.1. The Kier molecular flexibility index (Phi) is 3.40. The van der Waals surface area contributed by atoms with Crippen LogP contribution in [0.1, 0.15) is 23.3 Å². The maximum absolute atomic E-state index is 5.75. The highest BCUT2D eigenvalue weighted by molar-refractivity contribution is 5.82. The highest BCUT2D eigenvalue weighted by Gasteiger charge is 2.26. The number of nitrogens with one attached hydrogen (secondary N) is 1. The first-order chi connectivity index (χ1) is 10.8. The SMILES string of the molecule is CN1CCNCC1c1noc(C2=Cc3ccccc3OC2)n1. The largest absolute Gasteiger partial charge is 0.488 e. The van der Waals surface area contributed by atoms with Crippen molar-refractivity contribution in [2.24, 2.45) is 0 Å². The van der Waals surface area contributed by atoms with Crippen molar-refractivity contribution in [3.05, 3.63) is 41.5 Å². The Labute approximate surface area is 128 Å². The minimum absolute atomic E-state index is 0.156. The van der Waals surface area contributed by atoms with Gasteiger partial charge in [-0.3, -0.25) is 4.90 Å². The van der Waals surface area contributed by atoms with Gasteiger partial charge < -0.3 is 14.6 Å². The van der Waals surface area contributed by atoms with Crippen LogP contribution in [-0.4, -0.2) is 48.3 Å². The third-order valence-corrected chi connectivity index (χ3v) is 4.16. The van der Waals surface area contributed by atoms with Crippen LogP contribution in [0.2, 0.25) is 0 Å². The van der Waals surface area contributed by atoms with E-state index in [2.05, 4.69) is 33.5 Å². The molecule has 6 heteroatoms. The van der Waals surface area contributed by atoms with Gasteiger partial charge in [0, 0.05) is 25.2 Å². The van der Waals surface area contributed by atoms with E-state index in [-0.39, 0.29) is 6.04 Å². The summed E-state index contributed by atoms with van der Waals surface area (Å²) in [5, 5.41) is 7.52. The second-order valence-electron chi connectivity index (χ2n) is 5.65. The van der Waals surface area contributed by atoms with Crippen molar-refractivity contribution in [2.45, 2.75) is 6.04 Å². The summed E-state index contributed by atoms with van der Waals surface area (Å²) in [4.78, 5) is 6.82. The summed E-state index contributed by atoms with van der Waals surface area (Å²) < 4.78 is 11.2. The molecule has 1 N–H and O–H groups in total.